The summed E-state index contributed by atoms with van der Waals surface area (Å²) in [6.45, 7) is 2.90. The first-order chi connectivity index (χ1) is 10.6. The number of aryl methyl sites for hydroxylation is 1. The van der Waals surface area contributed by atoms with Gasteiger partial charge in [-0.2, -0.15) is 5.26 Å². The normalized spacial score (nSPS) is 16.0. The Labute approximate surface area is 129 Å². The van der Waals surface area contributed by atoms with Gasteiger partial charge in [-0.1, -0.05) is 6.92 Å². The molecule has 3 heterocycles. The van der Waals surface area contributed by atoms with Crippen LogP contribution in [0.4, 0.5) is 5.82 Å². The zero-order valence-corrected chi connectivity index (χ0v) is 12.4. The summed E-state index contributed by atoms with van der Waals surface area (Å²) in [5, 5.41) is 18.9. The van der Waals surface area contributed by atoms with E-state index in [0.717, 1.165) is 23.5 Å². The minimum atomic E-state index is -0.914. The van der Waals surface area contributed by atoms with E-state index in [4.69, 9.17) is 5.26 Å². The maximum absolute atomic E-state index is 10.1. The van der Waals surface area contributed by atoms with Crippen LogP contribution in [0.2, 0.25) is 0 Å². The van der Waals surface area contributed by atoms with Gasteiger partial charge < -0.3 is 10.0 Å². The van der Waals surface area contributed by atoms with Gasteiger partial charge in [0.1, 0.15) is 11.4 Å². The smallest absolute Gasteiger partial charge is 0.161 e. The van der Waals surface area contributed by atoms with Crippen LogP contribution in [-0.4, -0.2) is 38.7 Å². The maximum atomic E-state index is 10.1. The van der Waals surface area contributed by atoms with Gasteiger partial charge in [0, 0.05) is 29.7 Å². The molecule has 0 radical (unpaired) electrons. The van der Waals surface area contributed by atoms with Crippen molar-refractivity contribution in [3.8, 4) is 17.5 Å². The number of nitrogens with zero attached hydrogens (tertiary/aromatic N) is 5. The average Bonchev–Trinajstić information content (AvgIpc) is 2.53. The number of anilines is 1. The highest BCUT2D eigenvalue weighted by molar-refractivity contribution is 5.58. The van der Waals surface area contributed by atoms with Crippen molar-refractivity contribution < 1.29 is 5.11 Å². The highest BCUT2D eigenvalue weighted by Crippen LogP contribution is 2.30. The molecule has 3 rings (SSSR count). The Kier molecular flexibility index (Phi) is 3.73. The van der Waals surface area contributed by atoms with Gasteiger partial charge >= 0.3 is 0 Å². The van der Waals surface area contributed by atoms with Gasteiger partial charge in [0.25, 0.3) is 0 Å². The van der Waals surface area contributed by atoms with Crippen molar-refractivity contribution in [1.82, 2.24) is 15.0 Å². The summed E-state index contributed by atoms with van der Waals surface area (Å²) in [7, 11) is 0. The van der Waals surface area contributed by atoms with Crippen molar-refractivity contribution >= 4 is 5.82 Å². The summed E-state index contributed by atoms with van der Waals surface area (Å²) in [5.74, 6) is 1.45. The highest BCUT2D eigenvalue weighted by Gasteiger charge is 2.41. The van der Waals surface area contributed by atoms with Crippen molar-refractivity contribution in [2.45, 2.75) is 25.4 Å². The Balaban J connectivity index is 1.89. The molecule has 22 heavy (non-hydrogen) atoms. The molecule has 1 fully saturated rings. The van der Waals surface area contributed by atoms with Gasteiger partial charge in [0.2, 0.25) is 0 Å². The number of rotatable bonds is 4. The van der Waals surface area contributed by atoms with Crippen molar-refractivity contribution in [1.29, 1.82) is 5.26 Å². The molecule has 0 spiro atoms. The van der Waals surface area contributed by atoms with Crippen LogP contribution in [0.3, 0.4) is 0 Å². The molecule has 2 aromatic rings. The summed E-state index contributed by atoms with van der Waals surface area (Å²) in [6.07, 6.45) is 4.38. The fourth-order valence-corrected chi connectivity index (χ4v) is 2.54. The van der Waals surface area contributed by atoms with Gasteiger partial charge in [-0.15, -0.1) is 0 Å². The number of nitriles is 1. The van der Waals surface area contributed by atoms with E-state index in [1.165, 1.54) is 0 Å². The van der Waals surface area contributed by atoms with Gasteiger partial charge in [-0.25, -0.2) is 9.97 Å². The topological polar surface area (TPSA) is 85.9 Å². The number of pyridine rings is 1. The van der Waals surface area contributed by atoms with Gasteiger partial charge in [0.05, 0.1) is 25.6 Å². The monoisotopic (exact) mass is 295 g/mol. The molecule has 0 saturated carbocycles. The molecule has 0 atom stereocenters. The molecule has 1 aliphatic rings. The second-order valence-electron chi connectivity index (χ2n) is 5.55. The molecule has 2 aromatic heterocycles. The van der Waals surface area contributed by atoms with E-state index < -0.39 is 5.60 Å². The number of aliphatic hydroxyl groups is 1. The molecule has 1 aliphatic heterocycles. The van der Waals surface area contributed by atoms with Crippen LogP contribution in [0.15, 0.2) is 30.6 Å². The second kappa shape index (κ2) is 5.70. The lowest BCUT2D eigenvalue weighted by molar-refractivity contribution is 0.0162. The fraction of sp³-hybridized carbons (Fsp3) is 0.375. The molecular weight excluding hydrogens is 278 g/mol. The Morgan fingerprint density at radius 3 is 2.68 bits per heavy atom. The van der Waals surface area contributed by atoms with E-state index >= 15 is 0 Å². The first-order valence-electron chi connectivity index (χ1n) is 7.26. The molecular formula is C16H17N5O. The van der Waals surface area contributed by atoms with E-state index in [2.05, 4.69) is 15.0 Å². The zero-order chi connectivity index (χ0) is 15.6. The Hall–Kier alpha value is -2.52. The van der Waals surface area contributed by atoms with E-state index in [9.17, 15) is 5.11 Å². The Morgan fingerprint density at radius 1 is 1.32 bits per heavy atom. The molecule has 112 valence electrons. The standard InChI is InChI=1S/C16H17N5O/c1-2-13-9-14(21-10-16(22,11-21)5-6-17)20-15(19-13)12-3-7-18-8-4-12/h3-4,7-9,22H,2,5,10-11H2,1H3. The molecule has 1 N–H and O–H groups in total. The van der Waals surface area contributed by atoms with E-state index in [1.54, 1.807) is 12.4 Å². The van der Waals surface area contributed by atoms with Crippen LogP contribution in [0, 0.1) is 11.3 Å². The molecule has 6 nitrogen and oxygen atoms in total. The van der Waals surface area contributed by atoms with Crippen molar-refractivity contribution in [2.24, 2.45) is 0 Å². The molecule has 0 aliphatic carbocycles. The lowest BCUT2D eigenvalue weighted by Crippen LogP contribution is -2.62. The average molecular weight is 295 g/mol. The number of hydrogen-bond donors (Lipinski definition) is 1. The second-order valence-corrected chi connectivity index (χ2v) is 5.55. The first kappa shape index (κ1) is 14.4. The van der Waals surface area contributed by atoms with Crippen LogP contribution < -0.4 is 4.90 Å². The molecule has 0 aromatic carbocycles. The minimum absolute atomic E-state index is 0.145. The molecule has 0 unspecified atom stereocenters. The van der Waals surface area contributed by atoms with Crippen LogP contribution in [0.5, 0.6) is 0 Å². The lowest BCUT2D eigenvalue weighted by atomic mass is 9.91. The number of hydrogen-bond acceptors (Lipinski definition) is 6. The third kappa shape index (κ3) is 2.76. The van der Waals surface area contributed by atoms with Gasteiger partial charge in [-0.3, -0.25) is 4.98 Å². The summed E-state index contributed by atoms with van der Waals surface area (Å²) in [4.78, 5) is 15.1. The predicted molar refractivity (Wildman–Crippen MR) is 82.0 cm³/mol. The molecule has 1 saturated heterocycles. The van der Waals surface area contributed by atoms with E-state index in [-0.39, 0.29) is 6.42 Å². The maximum Gasteiger partial charge on any atom is 0.161 e. The van der Waals surface area contributed by atoms with Crippen molar-refractivity contribution in [2.75, 3.05) is 18.0 Å². The summed E-state index contributed by atoms with van der Waals surface area (Å²) in [5.41, 5.74) is 0.954. The van der Waals surface area contributed by atoms with E-state index in [1.807, 2.05) is 36.1 Å². The van der Waals surface area contributed by atoms with Crippen LogP contribution in [-0.2, 0) is 6.42 Å². The van der Waals surface area contributed by atoms with Crippen LogP contribution >= 0.6 is 0 Å². The number of aromatic nitrogens is 3. The van der Waals surface area contributed by atoms with E-state index in [0.29, 0.717) is 18.9 Å². The molecule has 0 amide bonds. The third-order valence-electron chi connectivity index (χ3n) is 3.77. The Morgan fingerprint density at radius 2 is 2.05 bits per heavy atom. The summed E-state index contributed by atoms with van der Waals surface area (Å²) in [6, 6.07) is 7.72. The third-order valence-corrected chi connectivity index (χ3v) is 3.77. The summed E-state index contributed by atoms with van der Waals surface area (Å²) < 4.78 is 0. The Bertz CT molecular complexity index is 704. The predicted octanol–water partition coefficient (Wildman–Crippen LogP) is 1.57. The van der Waals surface area contributed by atoms with Crippen LogP contribution in [0.1, 0.15) is 19.0 Å². The fourth-order valence-electron chi connectivity index (χ4n) is 2.54. The summed E-state index contributed by atoms with van der Waals surface area (Å²) >= 11 is 0. The van der Waals surface area contributed by atoms with Crippen LogP contribution in [0.25, 0.3) is 11.4 Å². The van der Waals surface area contributed by atoms with Crippen molar-refractivity contribution in [3.05, 3.63) is 36.3 Å². The zero-order valence-electron chi connectivity index (χ0n) is 12.4. The first-order valence-corrected chi connectivity index (χ1v) is 7.26. The minimum Gasteiger partial charge on any atom is -0.385 e. The largest absolute Gasteiger partial charge is 0.385 e. The van der Waals surface area contributed by atoms with Crippen molar-refractivity contribution in [3.63, 3.8) is 0 Å². The highest BCUT2D eigenvalue weighted by atomic mass is 16.3. The molecule has 0 bridgehead atoms. The number of β-amino-alcohol motifs (C(OH)–C–C–N with tert-alkyl or cyclic N) is 1. The lowest BCUT2D eigenvalue weighted by Gasteiger charge is -2.46. The SMILES string of the molecule is CCc1cc(N2CC(O)(CC#N)C2)nc(-c2ccncc2)n1. The van der Waals surface area contributed by atoms with Gasteiger partial charge in [0.15, 0.2) is 5.82 Å². The quantitative estimate of drug-likeness (QED) is 0.921. The molecule has 6 heteroatoms. The van der Waals surface area contributed by atoms with Gasteiger partial charge in [-0.05, 0) is 18.6 Å².